The molecule has 3 rings (SSSR count). The van der Waals surface area contributed by atoms with Gasteiger partial charge in [-0.25, -0.2) is 0 Å². The zero-order chi connectivity index (χ0) is 20.3. The monoisotopic (exact) mass is 383 g/mol. The van der Waals surface area contributed by atoms with Crippen LogP contribution in [0.1, 0.15) is 59.7 Å². The van der Waals surface area contributed by atoms with Crippen LogP contribution in [-0.2, 0) is 24.1 Å². The molecule has 1 aromatic carbocycles. The lowest BCUT2D eigenvalue weighted by Crippen LogP contribution is -2.29. The van der Waals surface area contributed by atoms with Gasteiger partial charge in [-0.2, -0.15) is 0 Å². The molecule has 0 aliphatic heterocycles. The van der Waals surface area contributed by atoms with Gasteiger partial charge in [-0.3, -0.25) is 9.59 Å². The molecule has 28 heavy (non-hydrogen) atoms. The van der Waals surface area contributed by atoms with Crippen LogP contribution in [0.15, 0.2) is 28.7 Å². The number of rotatable bonds is 7. The van der Waals surface area contributed by atoms with Crippen molar-refractivity contribution in [2.75, 3.05) is 13.7 Å². The number of ether oxygens (including phenoxy) is 1. The number of para-hydroxylation sites is 1. The molecule has 150 valence electrons. The minimum absolute atomic E-state index is 0.0793. The number of nitrogens with one attached hydrogen (secondary N) is 1. The lowest BCUT2D eigenvalue weighted by atomic mass is 9.75. The van der Waals surface area contributed by atoms with Gasteiger partial charge in [0.25, 0.3) is 0 Å². The Kier molecular flexibility index (Phi) is 5.92. The first kappa shape index (κ1) is 20.2. The van der Waals surface area contributed by atoms with Crippen molar-refractivity contribution >= 4 is 11.7 Å². The predicted molar refractivity (Wildman–Crippen MR) is 108 cm³/mol. The molecule has 1 amide bonds. The number of methoxy groups -OCH3 is 1. The molecule has 0 radical (unpaired) electrons. The van der Waals surface area contributed by atoms with Crippen LogP contribution in [0.3, 0.4) is 0 Å². The highest BCUT2D eigenvalue weighted by Gasteiger charge is 2.36. The molecule has 0 unspecified atom stereocenters. The van der Waals surface area contributed by atoms with Crippen LogP contribution in [0.2, 0.25) is 0 Å². The first-order valence-electron chi connectivity index (χ1n) is 9.83. The number of carbonyl (C=O) groups is 2. The number of fused-ring (bicyclic) bond motifs is 1. The van der Waals surface area contributed by atoms with E-state index >= 15 is 0 Å². The number of ketones is 1. The largest absolute Gasteiger partial charge is 0.496 e. The molecule has 0 atom stereocenters. The Morgan fingerprint density at radius 1 is 1.25 bits per heavy atom. The molecule has 1 aliphatic carbocycles. The summed E-state index contributed by atoms with van der Waals surface area (Å²) in [5, 5.41) is 2.96. The third-order valence-electron chi connectivity index (χ3n) is 5.31. The van der Waals surface area contributed by atoms with Gasteiger partial charge in [0.05, 0.1) is 19.1 Å². The molecule has 2 aromatic rings. The number of carbonyl (C=O) groups excluding carboxylic acids is 2. The molecular weight excluding hydrogens is 354 g/mol. The van der Waals surface area contributed by atoms with Crippen LogP contribution in [0.4, 0.5) is 0 Å². The Bertz CT molecular complexity index is 879. The van der Waals surface area contributed by atoms with E-state index in [4.69, 9.17) is 9.15 Å². The number of furan rings is 1. The number of aryl methyl sites for hydroxylation is 2. The van der Waals surface area contributed by atoms with E-state index in [1.165, 1.54) is 0 Å². The number of amides is 1. The number of hydrogen-bond donors (Lipinski definition) is 1. The zero-order valence-electron chi connectivity index (χ0n) is 17.2. The fraction of sp³-hybridized carbons (Fsp3) is 0.478. The fourth-order valence-electron chi connectivity index (χ4n) is 3.96. The standard InChI is InChI=1S/C23H29NO4/c1-15-17(22-18(25)13-23(2,3)14-20(22)28-15)12-21(26)24-11-7-9-16-8-5-6-10-19(16)27-4/h5-6,8,10H,7,9,11-14H2,1-4H3,(H,24,26). The normalized spacial score (nSPS) is 15.2. The van der Waals surface area contributed by atoms with Crippen LogP contribution in [0.25, 0.3) is 0 Å². The Morgan fingerprint density at radius 3 is 2.75 bits per heavy atom. The Balaban J connectivity index is 1.56. The summed E-state index contributed by atoms with van der Waals surface area (Å²) in [6, 6.07) is 7.91. The lowest BCUT2D eigenvalue weighted by molar-refractivity contribution is -0.120. The van der Waals surface area contributed by atoms with Gasteiger partial charge >= 0.3 is 0 Å². The molecule has 0 saturated heterocycles. The predicted octanol–water partition coefficient (Wildman–Crippen LogP) is 4.04. The number of benzene rings is 1. The summed E-state index contributed by atoms with van der Waals surface area (Å²) >= 11 is 0. The number of hydrogen-bond acceptors (Lipinski definition) is 4. The van der Waals surface area contributed by atoms with Crippen LogP contribution < -0.4 is 10.1 Å². The Morgan fingerprint density at radius 2 is 2.00 bits per heavy atom. The highest BCUT2D eigenvalue weighted by molar-refractivity contribution is 6.01. The summed E-state index contributed by atoms with van der Waals surface area (Å²) in [6.07, 6.45) is 3.06. The molecule has 1 heterocycles. The summed E-state index contributed by atoms with van der Waals surface area (Å²) in [4.78, 5) is 25.0. The van der Waals surface area contributed by atoms with Crippen LogP contribution >= 0.6 is 0 Å². The van der Waals surface area contributed by atoms with Gasteiger partial charge in [-0.1, -0.05) is 32.0 Å². The quantitative estimate of drug-likeness (QED) is 0.733. The van der Waals surface area contributed by atoms with Gasteiger partial charge in [0.2, 0.25) is 5.91 Å². The van der Waals surface area contributed by atoms with E-state index in [0.717, 1.165) is 41.9 Å². The summed E-state index contributed by atoms with van der Waals surface area (Å²) in [6.45, 7) is 6.56. The third kappa shape index (κ3) is 4.46. The SMILES string of the molecule is COc1ccccc1CCCNC(=O)Cc1c(C)oc2c1C(=O)CC(C)(C)C2. The molecule has 1 N–H and O–H groups in total. The Hall–Kier alpha value is -2.56. The molecular formula is C23H29NO4. The van der Waals surface area contributed by atoms with Crippen LogP contribution in [0.5, 0.6) is 5.75 Å². The van der Waals surface area contributed by atoms with E-state index in [2.05, 4.69) is 19.2 Å². The minimum Gasteiger partial charge on any atom is -0.496 e. The molecule has 1 aromatic heterocycles. The maximum absolute atomic E-state index is 12.6. The average molecular weight is 383 g/mol. The van der Waals surface area contributed by atoms with E-state index in [-0.39, 0.29) is 23.5 Å². The average Bonchev–Trinajstić information content (AvgIpc) is 2.93. The van der Waals surface area contributed by atoms with Crippen molar-refractivity contribution in [2.45, 2.75) is 52.9 Å². The van der Waals surface area contributed by atoms with Crippen LogP contribution in [-0.4, -0.2) is 25.3 Å². The molecule has 0 spiro atoms. The first-order chi connectivity index (χ1) is 13.3. The Labute approximate surface area is 166 Å². The van der Waals surface area contributed by atoms with Crippen molar-refractivity contribution in [3.8, 4) is 5.75 Å². The van der Waals surface area contributed by atoms with E-state index < -0.39 is 0 Å². The van der Waals surface area contributed by atoms with Gasteiger partial charge in [0, 0.05) is 24.9 Å². The molecule has 5 heteroatoms. The summed E-state index contributed by atoms with van der Waals surface area (Å²) in [7, 11) is 1.66. The topological polar surface area (TPSA) is 68.5 Å². The van der Waals surface area contributed by atoms with E-state index in [0.29, 0.717) is 24.3 Å². The summed E-state index contributed by atoms with van der Waals surface area (Å²) < 4.78 is 11.2. The van der Waals surface area contributed by atoms with Crippen molar-refractivity contribution in [2.24, 2.45) is 5.41 Å². The zero-order valence-corrected chi connectivity index (χ0v) is 17.2. The second kappa shape index (κ2) is 8.21. The summed E-state index contributed by atoms with van der Waals surface area (Å²) in [5.41, 5.74) is 2.43. The van der Waals surface area contributed by atoms with Crippen molar-refractivity contribution in [3.05, 3.63) is 52.5 Å². The lowest BCUT2D eigenvalue weighted by Gasteiger charge is -2.27. The molecule has 5 nitrogen and oxygen atoms in total. The first-order valence-corrected chi connectivity index (χ1v) is 9.83. The molecule has 0 saturated carbocycles. The van der Waals surface area contributed by atoms with Crippen molar-refractivity contribution < 1.29 is 18.7 Å². The second-order valence-corrected chi connectivity index (χ2v) is 8.32. The minimum atomic E-state index is -0.0909. The van der Waals surface area contributed by atoms with Gasteiger partial charge in [0.15, 0.2) is 5.78 Å². The smallest absolute Gasteiger partial charge is 0.224 e. The van der Waals surface area contributed by atoms with Crippen molar-refractivity contribution in [3.63, 3.8) is 0 Å². The van der Waals surface area contributed by atoms with Gasteiger partial charge in [0.1, 0.15) is 17.3 Å². The fourth-order valence-corrected chi connectivity index (χ4v) is 3.96. The van der Waals surface area contributed by atoms with E-state index in [1.807, 2.05) is 31.2 Å². The van der Waals surface area contributed by atoms with Crippen molar-refractivity contribution in [1.29, 1.82) is 0 Å². The van der Waals surface area contributed by atoms with E-state index in [1.54, 1.807) is 7.11 Å². The highest BCUT2D eigenvalue weighted by atomic mass is 16.5. The number of Topliss-reactive ketones (excluding diaryl/α,β-unsaturated/α-hetero) is 1. The van der Waals surface area contributed by atoms with Crippen molar-refractivity contribution in [1.82, 2.24) is 5.32 Å². The third-order valence-corrected chi connectivity index (χ3v) is 5.31. The van der Waals surface area contributed by atoms with Crippen LogP contribution in [0, 0.1) is 12.3 Å². The highest BCUT2D eigenvalue weighted by Crippen LogP contribution is 2.38. The van der Waals surface area contributed by atoms with E-state index in [9.17, 15) is 9.59 Å². The van der Waals surface area contributed by atoms with Gasteiger partial charge in [-0.05, 0) is 36.8 Å². The maximum Gasteiger partial charge on any atom is 0.224 e. The molecule has 0 fully saturated rings. The van der Waals surface area contributed by atoms with Gasteiger partial charge in [-0.15, -0.1) is 0 Å². The van der Waals surface area contributed by atoms with Gasteiger partial charge < -0.3 is 14.5 Å². The molecule has 0 bridgehead atoms. The second-order valence-electron chi connectivity index (χ2n) is 8.32. The summed E-state index contributed by atoms with van der Waals surface area (Å²) in [5.74, 6) is 2.29. The molecule has 1 aliphatic rings. The maximum atomic E-state index is 12.6.